The zero-order chi connectivity index (χ0) is 28.9. The lowest BCUT2D eigenvalue weighted by atomic mass is 10.0. The summed E-state index contributed by atoms with van der Waals surface area (Å²) in [6, 6.07) is 5.53. The van der Waals surface area contributed by atoms with E-state index in [4.69, 9.17) is 28.0 Å². The fourth-order valence-corrected chi connectivity index (χ4v) is 5.91. The molecule has 1 aliphatic rings. The highest BCUT2D eigenvalue weighted by molar-refractivity contribution is 7.91. The Hall–Kier alpha value is -3.49. The van der Waals surface area contributed by atoms with E-state index in [9.17, 15) is 22.6 Å². The van der Waals surface area contributed by atoms with Gasteiger partial charge in [0.05, 0.1) is 27.2 Å². The number of nitrogens with one attached hydrogen (secondary N) is 3. The zero-order valence-corrected chi connectivity index (χ0v) is 23.2. The number of halogens is 4. The summed E-state index contributed by atoms with van der Waals surface area (Å²) in [6.07, 6.45) is -1.46. The summed E-state index contributed by atoms with van der Waals surface area (Å²) in [7, 11) is -3.06. The van der Waals surface area contributed by atoms with Crippen LogP contribution in [0.5, 0.6) is 11.5 Å². The van der Waals surface area contributed by atoms with E-state index < -0.39 is 50.4 Å². The molecule has 208 valence electrons. The van der Waals surface area contributed by atoms with Gasteiger partial charge in [-0.2, -0.15) is 5.10 Å². The van der Waals surface area contributed by atoms with Crippen molar-refractivity contribution >= 4 is 50.4 Å². The SMILES string of the molecule is Cc1cc(C(=O)Nc2c(Cl)cc3c(c2C(=O)NC(C)(C)CS(C)(=N)=O)OC(F)(F)O3)n(-c2ncccc2Cl)n1. The minimum atomic E-state index is -4.11. The van der Waals surface area contributed by atoms with Gasteiger partial charge in [-0.1, -0.05) is 23.2 Å². The fourth-order valence-electron chi connectivity index (χ4n) is 4.02. The van der Waals surface area contributed by atoms with E-state index in [0.717, 1.165) is 6.07 Å². The first-order valence-corrected chi connectivity index (χ1v) is 14.0. The van der Waals surface area contributed by atoms with Crippen LogP contribution in [0.4, 0.5) is 14.5 Å². The molecule has 0 radical (unpaired) electrons. The number of nitrogens with zero attached hydrogens (tertiary/aromatic N) is 3. The second kappa shape index (κ2) is 9.92. The van der Waals surface area contributed by atoms with Crippen LogP contribution >= 0.6 is 23.2 Å². The molecule has 39 heavy (non-hydrogen) atoms. The van der Waals surface area contributed by atoms with E-state index in [1.165, 1.54) is 37.0 Å². The number of anilines is 1. The van der Waals surface area contributed by atoms with E-state index >= 15 is 0 Å². The van der Waals surface area contributed by atoms with Gasteiger partial charge in [0.25, 0.3) is 11.8 Å². The summed E-state index contributed by atoms with van der Waals surface area (Å²) in [5, 5.41) is 9.15. The molecule has 3 aromatic rings. The number of aryl methyl sites for hydroxylation is 1. The Kier molecular flexibility index (Phi) is 7.25. The maximum Gasteiger partial charge on any atom is 0.586 e. The molecule has 4 rings (SSSR count). The average Bonchev–Trinajstić information content (AvgIpc) is 3.30. The normalized spacial score (nSPS) is 15.5. The third-order valence-corrected chi connectivity index (χ3v) is 7.07. The third kappa shape index (κ3) is 6.23. The van der Waals surface area contributed by atoms with Crippen LogP contribution in [0.3, 0.4) is 0 Å². The van der Waals surface area contributed by atoms with Crippen LogP contribution < -0.4 is 20.1 Å². The highest BCUT2D eigenvalue weighted by atomic mass is 35.5. The van der Waals surface area contributed by atoms with E-state index in [2.05, 4.69) is 30.2 Å². The van der Waals surface area contributed by atoms with Crippen LogP contribution in [0.15, 0.2) is 30.5 Å². The van der Waals surface area contributed by atoms with Gasteiger partial charge in [-0.15, -0.1) is 8.78 Å². The minimum absolute atomic E-state index is 0.0567. The van der Waals surface area contributed by atoms with Crippen LogP contribution in [-0.4, -0.2) is 54.6 Å². The van der Waals surface area contributed by atoms with Crippen molar-refractivity contribution in [3.8, 4) is 17.3 Å². The van der Waals surface area contributed by atoms with Gasteiger partial charge in [0.2, 0.25) is 0 Å². The van der Waals surface area contributed by atoms with E-state index in [-0.39, 0.29) is 33.0 Å². The van der Waals surface area contributed by atoms with E-state index in [1.807, 2.05) is 0 Å². The molecule has 1 unspecified atom stereocenters. The standard InChI is InChI=1S/C23H22Cl2F2N6O5S/c1-11-8-14(33(32-11)19-12(24)6-5-7-29-19)20(34)30-17-13(25)9-15-18(38-23(26,27)37-15)16(17)21(35)31-22(2,3)10-39(4,28)36/h5-9,28H,10H2,1-4H3,(H,30,34)(H,31,35). The van der Waals surface area contributed by atoms with Crippen molar-refractivity contribution in [1.82, 2.24) is 20.1 Å². The van der Waals surface area contributed by atoms with Crippen molar-refractivity contribution in [1.29, 1.82) is 4.78 Å². The van der Waals surface area contributed by atoms with Gasteiger partial charge in [-0.05, 0) is 39.0 Å². The minimum Gasteiger partial charge on any atom is -0.395 e. The van der Waals surface area contributed by atoms with E-state index in [1.54, 1.807) is 19.1 Å². The summed E-state index contributed by atoms with van der Waals surface area (Å²) in [6.45, 7) is 4.61. The van der Waals surface area contributed by atoms with E-state index in [0.29, 0.717) is 5.69 Å². The molecule has 0 bridgehead atoms. The number of alkyl halides is 2. The molecule has 1 aromatic carbocycles. The number of pyridine rings is 1. The Balaban J connectivity index is 1.79. The monoisotopic (exact) mass is 602 g/mol. The predicted molar refractivity (Wildman–Crippen MR) is 140 cm³/mol. The van der Waals surface area contributed by atoms with Crippen molar-refractivity contribution in [2.75, 3.05) is 17.3 Å². The number of fused-ring (bicyclic) bond motifs is 1. The van der Waals surface area contributed by atoms with Crippen LogP contribution in [0.1, 0.15) is 40.4 Å². The highest BCUT2D eigenvalue weighted by Crippen LogP contribution is 2.49. The molecule has 16 heteroatoms. The van der Waals surface area contributed by atoms with Gasteiger partial charge in [-0.3, -0.25) is 18.6 Å². The molecular formula is C23H22Cl2F2N6O5S. The Bertz CT molecular complexity index is 1610. The third-order valence-electron chi connectivity index (χ3n) is 5.20. The number of rotatable bonds is 7. The molecule has 0 saturated heterocycles. The second-order valence-electron chi connectivity index (χ2n) is 9.44. The molecule has 2 aromatic heterocycles. The van der Waals surface area contributed by atoms with Crippen molar-refractivity contribution in [3.63, 3.8) is 0 Å². The van der Waals surface area contributed by atoms with Crippen LogP contribution in [0.25, 0.3) is 5.82 Å². The Morgan fingerprint density at radius 2 is 1.90 bits per heavy atom. The summed E-state index contributed by atoms with van der Waals surface area (Å²) >= 11 is 12.6. The summed E-state index contributed by atoms with van der Waals surface area (Å²) in [4.78, 5) is 31.0. The summed E-state index contributed by atoms with van der Waals surface area (Å²) in [5.74, 6) is -3.16. The van der Waals surface area contributed by atoms with Gasteiger partial charge in [0.15, 0.2) is 17.3 Å². The van der Waals surface area contributed by atoms with Crippen molar-refractivity contribution in [3.05, 3.63) is 57.5 Å². The van der Waals surface area contributed by atoms with Gasteiger partial charge in [-0.25, -0.2) is 9.67 Å². The quantitative estimate of drug-likeness (QED) is 0.356. The van der Waals surface area contributed by atoms with Gasteiger partial charge >= 0.3 is 6.29 Å². The molecule has 2 amide bonds. The van der Waals surface area contributed by atoms with Crippen molar-refractivity contribution < 1.29 is 32.1 Å². The maximum absolute atomic E-state index is 14.0. The molecule has 0 spiro atoms. The maximum atomic E-state index is 14.0. The molecule has 3 heterocycles. The smallest absolute Gasteiger partial charge is 0.395 e. The number of hydrogen-bond donors (Lipinski definition) is 3. The number of hydrogen-bond acceptors (Lipinski definition) is 8. The van der Waals surface area contributed by atoms with Crippen LogP contribution in [-0.2, 0) is 9.73 Å². The largest absolute Gasteiger partial charge is 0.586 e. The topological polar surface area (TPSA) is 148 Å². The Labute approximate surface area is 231 Å². The summed E-state index contributed by atoms with van der Waals surface area (Å²) < 4.78 is 58.0. The molecule has 3 N–H and O–H groups in total. The number of carbonyl (C=O) groups excluding carboxylic acids is 2. The first kappa shape index (κ1) is 28.5. The molecule has 0 fully saturated rings. The molecule has 0 aliphatic carbocycles. The lowest BCUT2D eigenvalue weighted by Gasteiger charge is -2.27. The molecular weight excluding hydrogens is 581 g/mol. The first-order valence-electron chi connectivity index (χ1n) is 11.1. The van der Waals surface area contributed by atoms with Crippen LogP contribution in [0, 0.1) is 11.7 Å². The lowest BCUT2D eigenvalue weighted by Crippen LogP contribution is -2.48. The predicted octanol–water partition coefficient (Wildman–Crippen LogP) is 4.64. The van der Waals surface area contributed by atoms with Gasteiger partial charge < -0.3 is 20.1 Å². The fraction of sp³-hybridized carbons (Fsp3) is 0.304. The first-order chi connectivity index (χ1) is 18.0. The Morgan fingerprint density at radius 1 is 1.21 bits per heavy atom. The number of aromatic nitrogens is 3. The number of carbonyl (C=O) groups is 2. The average molecular weight is 603 g/mol. The van der Waals surface area contributed by atoms with Crippen molar-refractivity contribution in [2.24, 2.45) is 0 Å². The number of benzene rings is 1. The van der Waals surface area contributed by atoms with Gasteiger partial charge in [0, 0.05) is 33.8 Å². The molecule has 1 aliphatic heterocycles. The molecule has 1 atom stereocenters. The molecule has 0 saturated carbocycles. The second-order valence-corrected chi connectivity index (χ2v) is 12.5. The van der Waals surface area contributed by atoms with Crippen LogP contribution in [0.2, 0.25) is 10.0 Å². The lowest BCUT2D eigenvalue weighted by molar-refractivity contribution is -0.286. The van der Waals surface area contributed by atoms with Crippen molar-refractivity contribution in [2.45, 2.75) is 32.6 Å². The molecule has 11 nitrogen and oxygen atoms in total. The highest BCUT2D eigenvalue weighted by Gasteiger charge is 2.47. The van der Waals surface area contributed by atoms with Gasteiger partial charge in [0.1, 0.15) is 11.3 Å². The summed E-state index contributed by atoms with van der Waals surface area (Å²) in [5.41, 5.74) is -1.79. The number of amides is 2. The Morgan fingerprint density at radius 3 is 2.54 bits per heavy atom. The number of ether oxygens (including phenoxy) is 2. The zero-order valence-electron chi connectivity index (χ0n) is 20.9.